The summed E-state index contributed by atoms with van der Waals surface area (Å²) in [7, 11) is 0. The van der Waals surface area contributed by atoms with Gasteiger partial charge in [0.2, 0.25) is 0 Å². The molecule has 0 aromatic carbocycles. The van der Waals surface area contributed by atoms with Crippen LogP contribution in [0.1, 0.15) is 26.2 Å². The maximum atomic E-state index is 11.1. The van der Waals surface area contributed by atoms with E-state index in [1.54, 1.807) is 6.26 Å². The van der Waals surface area contributed by atoms with Crippen LogP contribution in [-0.2, 0) is 9.63 Å². The molecule has 8 heteroatoms. The van der Waals surface area contributed by atoms with Crippen LogP contribution in [0.4, 0.5) is 4.79 Å². The minimum atomic E-state index is -1.02. The Labute approximate surface area is 110 Å². The second kappa shape index (κ2) is 8.76. The number of carboxylic acids is 1. The quantitative estimate of drug-likeness (QED) is 0.290. The highest BCUT2D eigenvalue weighted by Gasteiger charge is 2.13. The van der Waals surface area contributed by atoms with E-state index in [1.165, 1.54) is 12.0 Å². The lowest BCUT2D eigenvalue weighted by Crippen LogP contribution is -2.32. The standard InChI is InChI=1S/C10H19N3O4S/c1-7(11)13(17-10(16)18-2)6-4-3-5-8(12)9(14)15/h8,11H,3-6,12H2,1-2H3,(H,14,15)/t8-/m0/s1. The van der Waals surface area contributed by atoms with Gasteiger partial charge in [0.25, 0.3) is 0 Å². The number of rotatable bonds is 6. The normalized spacial score (nSPS) is 11.7. The number of unbranched alkanes of at least 4 members (excludes halogenated alkanes) is 1. The zero-order valence-electron chi connectivity index (χ0n) is 10.5. The summed E-state index contributed by atoms with van der Waals surface area (Å²) < 4.78 is 0. The Hall–Kier alpha value is -1.28. The fourth-order valence-electron chi connectivity index (χ4n) is 1.15. The fraction of sp³-hybridized carbons (Fsp3) is 0.700. The van der Waals surface area contributed by atoms with Gasteiger partial charge in [0.1, 0.15) is 11.9 Å². The van der Waals surface area contributed by atoms with E-state index in [1.807, 2.05) is 0 Å². The molecular formula is C10H19N3O4S. The van der Waals surface area contributed by atoms with Gasteiger partial charge in [-0.15, -0.1) is 0 Å². The maximum absolute atomic E-state index is 11.1. The van der Waals surface area contributed by atoms with Crippen molar-refractivity contribution >= 4 is 28.9 Å². The Bertz CT molecular complexity index is 311. The Kier molecular flexibility index (Phi) is 8.14. The second-order valence-corrected chi connectivity index (χ2v) is 4.42. The molecule has 0 aromatic rings. The zero-order valence-corrected chi connectivity index (χ0v) is 11.3. The van der Waals surface area contributed by atoms with Gasteiger partial charge in [0.15, 0.2) is 0 Å². The smallest absolute Gasteiger partial charge is 0.391 e. The van der Waals surface area contributed by atoms with Crippen LogP contribution >= 0.6 is 11.8 Å². The zero-order chi connectivity index (χ0) is 14.1. The number of nitrogens with two attached hydrogens (primary N) is 1. The van der Waals surface area contributed by atoms with Crippen LogP contribution in [0, 0.1) is 5.41 Å². The van der Waals surface area contributed by atoms with E-state index >= 15 is 0 Å². The molecule has 0 aliphatic heterocycles. The predicted octanol–water partition coefficient (Wildman–Crippen LogP) is 1.28. The van der Waals surface area contributed by atoms with Crippen molar-refractivity contribution in [2.24, 2.45) is 5.73 Å². The van der Waals surface area contributed by atoms with E-state index in [4.69, 9.17) is 21.1 Å². The molecule has 0 spiro atoms. The van der Waals surface area contributed by atoms with E-state index in [2.05, 4.69) is 0 Å². The third-order valence-electron chi connectivity index (χ3n) is 2.17. The third kappa shape index (κ3) is 7.13. The number of hydrogen-bond acceptors (Lipinski definition) is 6. The molecule has 0 aromatic heterocycles. The van der Waals surface area contributed by atoms with Gasteiger partial charge in [-0.1, -0.05) is 0 Å². The van der Waals surface area contributed by atoms with Gasteiger partial charge in [0.05, 0.1) is 6.54 Å². The molecule has 0 saturated carbocycles. The van der Waals surface area contributed by atoms with Crippen molar-refractivity contribution in [2.75, 3.05) is 12.8 Å². The molecule has 0 amide bonds. The summed E-state index contributed by atoms with van der Waals surface area (Å²) in [6, 6.07) is -0.867. The van der Waals surface area contributed by atoms with Crippen molar-refractivity contribution in [3.63, 3.8) is 0 Å². The Morgan fingerprint density at radius 1 is 1.50 bits per heavy atom. The molecule has 0 heterocycles. The Morgan fingerprint density at radius 3 is 2.56 bits per heavy atom. The van der Waals surface area contributed by atoms with Crippen LogP contribution in [0.25, 0.3) is 0 Å². The number of carbonyl (C=O) groups excluding carboxylic acids is 1. The summed E-state index contributed by atoms with van der Waals surface area (Å²) >= 11 is 0.921. The van der Waals surface area contributed by atoms with Crippen LogP contribution < -0.4 is 5.73 Å². The number of nitrogens with zero attached hydrogens (tertiary/aromatic N) is 1. The van der Waals surface area contributed by atoms with Crippen LogP contribution in [0.2, 0.25) is 0 Å². The van der Waals surface area contributed by atoms with E-state index < -0.39 is 17.3 Å². The van der Waals surface area contributed by atoms with E-state index in [0.717, 1.165) is 11.8 Å². The SMILES string of the molecule is CSC(=O)ON(CCCC[C@H](N)C(=O)O)C(C)=N. The number of carbonyl (C=O) groups is 2. The highest BCUT2D eigenvalue weighted by atomic mass is 32.2. The van der Waals surface area contributed by atoms with E-state index in [-0.39, 0.29) is 5.84 Å². The highest BCUT2D eigenvalue weighted by Crippen LogP contribution is 2.07. The number of hydroxylamine groups is 2. The summed E-state index contributed by atoms with van der Waals surface area (Å²) in [4.78, 5) is 26.4. The number of nitrogens with one attached hydrogen (secondary N) is 1. The van der Waals surface area contributed by atoms with Gasteiger partial charge < -0.3 is 15.7 Å². The lowest BCUT2D eigenvalue weighted by atomic mass is 10.1. The van der Waals surface area contributed by atoms with Crippen molar-refractivity contribution in [3.8, 4) is 0 Å². The lowest BCUT2D eigenvalue weighted by Gasteiger charge is -2.20. The molecule has 4 N–H and O–H groups in total. The summed E-state index contributed by atoms with van der Waals surface area (Å²) in [6.07, 6.45) is 3.13. The van der Waals surface area contributed by atoms with Crippen LogP contribution in [0.3, 0.4) is 0 Å². The number of thioether (sulfide) groups is 1. The first-order valence-corrected chi connectivity index (χ1v) is 6.68. The molecule has 1 atom stereocenters. The highest BCUT2D eigenvalue weighted by molar-refractivity contribution is 8.12. The number of amidine groups is 1. The molecule has 0 radical (unpaired) electrons. The van der Waals surface area contributed by atoms with Crippen LogP contribution in [-0.4, -0.2) is 46.1 Å². The van der Waals surface area contributed by atoms with Crippen molar-refractivity contribution in [2.45, 2.75) is 32.2 Å². The first kappa shape index (κ1) is 16.7. The van der Waals surface area contributed by atoms with Crippen LogP contribution in [0.15, 0.2) is 0 Å². The minimum absolute atomic E-state index is 0.125. The van der Waals surface area contributed by atoms with Gasteiger partial charge >= 0.3 is 11.3 Å². The molecule has 7 nitrogen and oxygen atoms in total. The molecule has 0 aliphatic carbocycles. The Balaban J connectivity index is 3.95. The maximum Gasteiger partial charge on any atom is 0.391 e. The molecule has 0 unspecified atom stereocenters. The molecule has 0 rings (SSSR count). The summed E-state index contributed by atoms with van der Waals surface area (Å²) in [6.45, 7) is 1.87. The Morgan fingerprint density at radius 2 is 2.11 bits per heavy atom. The molecule has 104 valence electrons. The predicted molar refractivity (Wildman–Crippen MR) is 69.6 cm³/mol. The molecule has 0 aliphatic rings. The largest absolute Gasteiger partial charge is 0.480 e. The van der Waals surface area contributed by atoms with Crippen molar-refractivity contribution < 1.29 is 19.5 Å². The van der Waals surface area contributed by atoms with Gasteiger partial charge in [-0.25, -0.2) is 4.79 Å². The van der Waals surface area contributed by atoms with Crippen molar-refractivity contribution in [1.29, 1.82) is 5.41 Å². The first-order chi connectivity index (χ1) is 8.38. The third-order valence-corrected chi connectivity index (χ3v) is 2.58. The molecular weight excluding hydrogens is 258 g/mol. The number of carboxylic acid groups (broad SMARTS) is 1. The van der Waals surface area contributed by atoms with Gasteiger partial charge in [-0.3, -0.25) is 10.2 Å². The molecule has 0 fully saturated rings. The van der Waals surface area contributed by atoms with Crippen LogP contribution in [0.5, 0.6) is 0 Å². The molecule has 18 heavy (non-hydrogen) atoms. The minimum Gasteiger partial charge on any atom is -0.480 e. The summed E-state index contributed by atoms with van der Waals surface area (Å²) in [5.41, 5.74) is 5.35. The molecule has 0 saturated heterocycles. The number of hydrogen-bond donors (Lipinski definition) is 3. The summed E-state index contributed by atoms with van der Waals surface area (Å²) in [5.74, 6) is -0.899. The van der Waals surface area contributed by atoms with Crippen molar-refractivity contribution in [3.05, 3.63) is 0 Å². The van der Waals surface area contributed by atoms with Gasteiger partial charge in [-0.05, 0) is 44.2 Å². The summed E-state index contributed by atoms with van der Waals surface area (Å²) in [5, 5.41) is 16.7. The molecule has 0 bridgehead atoms. The average Bonchev–Trinajstić information content (AvgIpc) is 2.31. The topological polar surface area (TPSA) is 117 Å². The van der Waals surface area contributed by atoms with E-state index in [9.17, 15) is 9.59 Å². The van der Waals surface area contributed by atoms with E-state index in [0.29, 0.717) is 25.8 Å². The average molecular weight is 277 g/mol. The number of aliphatic carboxylic acids is 1. The second-order valence-electron chi connectivity index (χ2n) is 3.67. The fourth-order valence-corrected chi connectivity index (χ4v) is 1.32. The lowest BCUT2D eigenvalue weighted by molar-refractivity contribution is -0.138. The first-order valence-electron chi connectivity index (χ1n) is 5.45. The van der Waals surface area contributed by atoms with Crippen molar-refractivity contribution in [1.82, 2.24) is 5.06 Å². The van der Waals surface area contributed by atoms with Gasteiger partial charge in [0, 0.05) is 0 Å². The van der Waals surface area contributed by atoms with Gasteiger partial charge in [-0.2, -0.15) is 5.06 Å². The monoisotopic (exact) mass is 277 g/mol.